The number of hydrogen-bond donors (Lipinski definition) is 2. The molecule has 0 saturated heterocycles. The van der Waals surface area contributed by atoms with Crippen LogP contribution in [0.5, 0.6) is 5.75 Å². The van der Waals surface area contributed by atoms with E-state index in [4.69, 9.17) is 4.74 Å². The van der Waals surface area contributed by atoms with E-state index in [-0.39, 0.29) is 18.6 Å². The molecule has 1 aliphatic heterocycles. The molecule has 1 aliphatic rings. The number of anilines is 1. The molecule has 2 N–H and O–H groups in total. The molecule has 0 fully saturated rings. The van der Waals surface area contributed by atoms with E-state index in [0.717, 1.165) is 23.5 Å². The van der Waals surface area contributed by atoms with E-state index in [9.17, 15) is 4.79 Å². The molecule has 4 heteroatoms. The third-order valence-corrected chi connectivity index (χ3v) is 3.07. The number of ether oxygens (including phenoxy) is 1. The molecule has 1 atom stereocenters. The van der Waals surface area contributed by atoms with Crippen LogP contribution >= 0.6 is 0 Å². The zero-order valence-corrected chi connectivity index (χ0v) is 11.6. The van der Waals surface area contributed by atoms with Crippen LogP contribution in [-0.4, -0.2) is 19.1 Å². The van der Waals surface area contributed by atoms with Gasteiger partial charge in [-0.2, -0.15) is 0 Å². The predicted molar refractivity (Wildman–Crippen MR) is 76.4 cm³/mol. The van der Waals surface area contributed by atoms with Crippen LogP contribution < -0.4 is 15.4 Å². The number of fused-ring (bicyclic) bond motifs is 1. The van der Waals surface area contributed by atoms with Crippen molar-refractivity contribution in [1.29, 1.82) is 0 Å². The number of nitrogens with one attached hydrogen (secondary N) is 2. The van der Waals surface area contributed by atoms with E-state index < -0.39 is 0 Å². The van der Waals surface area contributed by atoms with E-state index in [0.29, 0.717) is 0 Å². The van der Waals surface area contributed by atoms with Gasteiger partial charge in [-0.25, -0.2) is 0 Å². The van der Waals surface area contributed by atoms with Crippen molar-refractivity contribution in [2.24, 2.45) is 0 Å². The molecule has 0 radical (unpaired) electrons. The zero-order valence-electron chi connectivity index (χ0n) is 11.6. The van der Waals surface area contributed by atoms with Gasteiger partial charge in [-0.3, -0.25) is 4.79 Å². The Labute approximate surface area is 113 Å². The van der Waals surface area contributed by atoms with Gasteiger partial charge in [0.25, 0.3) is 5.91 Å². The van der Waals surface area contributed by atoms with Gasteiger partial charge in [-0.05, 0) is 38.5 Å². The highest BCUT2D eigenvalue weighted by atomic mass is 16.5. The van der Waals surface area contributed by atoms with Crippen LogP contribution in [0, 0.1) is 0 Å². The normalized spacial score (nSPS) is 15.0. The number of carbonyl (C=O) groups excluding carboxylic acids is 1. The Hall–Kier alpha value is -1.81. The Morgan fingerprint density at radius 3 is 3.05 bits per heavy atom. The van der Waals surface area contributed by atoms with Crippen molar-refractivity contribution < 1.29 is 9.53 Å². The average molecular weight is 260 g/mol. The van der Waals surface area contributed by atoms with Crippen molar-refractivity contribution >= 4 is 11.6 Å². The molecular weight excluding hydrogens is 240 g/mol. The maximum absolute atomic E-state index is 11.3. The first kappa shape index (κ1) is 13.6. The summed E-state index contributed by atoms with van der Waals surface area (Å²) >= 11 is 0. The van der Waals surface area contributed by atoms with E-state index in [1.165, 1.54) is 5.57 Å². The second-order valence-electron chi connectivity index (χ2n) is 5.00. The minimum atomic E-state index is -0.102. The fraction of sp³-hybridized carbons (Fsp3) is 0.400. The first-order valence-electron chi connectivity index (χ1n) is 6.49. The highest BCUT2D eigenvalue weighted by molar-refractivity contribution is 5.95. The minimum absolute atomic E-state index is 0.0979. The predicted octanol–water partition coefficient (Wildman–Crippen LogP) is 2.63. The lowest BCUT2D eigenvalue weighted by atomic mass is 10.1. The van der Waals surface area contributed by atoms with Crippen LogP contribution in [0.25, 0.3) is 0 Å². The van der Waals surface area contributed by atoms with Gasteiger partial charge in [0.1, 0.15) is 5.75 Å². The Morgan fingerprint density at radius 2 is 2.32 bits per heavy atom. The van der Waals surface area contributed by atoms with Gasteiger partial charge in [0.05, 0.1) is 5.69 Å². The Kier molecular flexibility index (Phi) is 4.22. The van der Waals surface area contributed by atoms with Crippen LogP contribution in [0.1, 0.15) is 32.4 Å². The minimum Gasteiger partial charge on any atom is -0.482 e. The van der Waals surface area contributed by atoms with Gasteiger partial charge in [0.2, 0.25) is 0 Å². The summed E-state index contributed by atoms with van der Waals surface area (Å²) < 4.78 is 5.34. The second-order valence-corrected chi connectivity index (χ2v) is 5.00. The third kappa shape index (κ3) is 3.58. The number of carbonyl (C=O) groups is 1. The summed E-state index contributed by atoms with van der Waals surface area (Å²) in [5.41, 5.74) is 3.18. The van der Waals surface area contributed by atoms with Crippen LogP contribution in [0.15, 0.2) is 29.8 Å². The van der Waals surface area contributed by atoms with Crippen molar-refractivity contribution in [3.05, 3.63) is 35.4 Å². The SMILES string of the molecule is CC(C)=CCNC(C)c1ccc2c(c1)NC(=O)CO2. The summed E-state index contributed by atoms with van der Waals surface area (Å²) in [6.45, 7) is 7.20. The summed E-state index contributed by atoms with van der Waals surface area (Å²) in [7, 11) is 0. The van der Waals surface area contributed by atoms with Gasteiger partial charge in [0, 0.05) is 12.6 Å². The van der Waals surface area contributed by atoms with Gasteiger partial charge in [0.15, 0.2) is 6.61 Å². The van der Waals surface area contributed by atoms with E-state index in [1.807, 2.05) is 18.2 Å². The fourth-order valence-corrected chi connectivity index (χ4v) is 1.93. The quantitative estimate of drug-likeness (QED) is 0.818. The van der Waals surface area contributed by atoms with E-state index in [1.54, 1.807) is 0 Å². The summed E-state index contributed by atoms with van der Waals surface area (Å²) in [5.74, 6) is 0.634. The van der Waals surface area contributed by atoms with Crippen molar-refractivity contribution in [1.82, 2.24) is 5.32 Å². The Bertz CT molecular complexity index is 505. The molecular formula is C15H20N2O2. The number of benzene rings is 1. The Morgan fingerprint density at radius 1 is 1.53 bits per heavy atom. The topological polar surface area (TPSA) is 50.4 Å². The van der Waals surface area contributed by atoms with E-state index >= 15 is 0 Å². The molecule has 1 amide bonds. The molecule has 0 bridgehead atoms. The molecule has 0 aliphatic carbocycles. The molecule has 1 unspecified atom stereocenters. The second kappa shape index (κ2) is 5.89. The summed E-state index contributed by atoms with van der Waals surface area (Å²) in [6, 6.07) is 6.12. The lowest BCUT2D eigenvalue weighted by Crippen LogP contribution is -2.26. The highest BCUT2D eigenvalue weighted by Crippen LogP contribution is 2.30. The van der Waals surface area contributed by atoms with Gasteiger partial charge in [-0.15, -0.1) is 0 Å². The zero-order chi connectivity index (χ0) is 13.8. The molecule has 19 heavy (non-hydrogen) atoms. The lowest BCUT2D eigenvalue weighted by molar-refractivity contribution is -0.118. The summed E-state index contributed by atoms with van der Waals surface area (Å²) in [5, 5.41) is 6.24. The fourth-order valence-electron chi connectivity index (χ4n) is 1.93. The number of hydrogen-bond acceptors (Lipinski definition) is 3. The number of rotatable bonds is 4. The van der Waals surface area contributed by atoms with Crippen LogP contribution in [0.2, 0.25) is 0 Å². The molecule has 4 nitrogen and oxygen atoms in total. The van der Waals surface area contributed by atoms with Gasteiger partial charge < -0.3 is 15.4 Å². The van der Waals surface area contributed by atoms with Gasteiger partial charge in [-0.1, -0.05) is 17.7 Å². The van der Waals surface area contributed by atoms with Crippen molar-refractivity contribution in [2.75, 3.05) is 18.5 Å². The molecule has 0 aromatic heterocycles. The monoisotopic (exact) mass is 260 g/mol. The lowest BCUT2D eigenvalue weighted by Gasteiger charge is -2.20. The highest BCUT2D eigenvalue weighted by Gasteiger charge is 2.17. The molecule has 1 aromatic rings. The van der Waals surface area contributed by atoms with Crippen molar-refractivity contribution in [2.45, 2.75) is 26.8 Å². The third-order valence-electron chi connectivity index (χ3n) is 3.07. The smallest absolute Gasteiger partial charge is 0.262 e. The molecule has 2 rings (SSSR count). The number of allylic oxidation sites excluding steroid dienone is 1. The molecule has 0 spiro atoms. The summed E-state index contributed by atoms with van der Waals surface area (Å²) in [4.78, 5) is 11.3. The van der Waals surface area contributed by atoms with Gasteiger partial charge >= 0.3 is 0 Å². The first-order chi connectivity index (χ1) is 9.06. The van der Waals surface area contributed by atoms with Crippen LogP contribution in [0.4, 0.5) is 5.69 Å². The molecule has 0 saturated carbocycles. The van der Waals surface area contributed by atoms with Crippen molar-refractivity contribution in [3.63, 3.8) is 0 Å². The maximum atomic E-state index is 11.3. The van der Waals surface area contributed by atoms with Crippen LogP contribution in [-0.2, 0) is 4.79 Å². The first-order valence-corrected chi connectivity index (χ1v) is 6.49. The Balaban J connectivity index is 2.06. The molecule has 1 heterocycles. The van der Waals surface area contributed by atoms with E-state index in [2.05, 4.69) is 37.5 Å². The largest absolute Gasteiger partial charge is 0.482 e. The summed E-state index contributed by atoms with van der Waals surface area (Å²) in [6.07, 6.45) is 2.15. The van der Waals surface area contributed by atoms with Crippen LogP contribution in [0.3, 0.4) is 0 Å². The number of amides is 1. The average Bonchev–Trinajstić information content (AvgIpc) is 2.37. The maximum Gasteiger partial charge on any atom is 0.262 e. The van der Waals surface area contributed by atoms with Crippen molar-refractivity contribution in [3.8, 4) is 5.75 Å². The molecule has 102 valence electrons. The standard InChI is InChI=1S/C15H20N2O2/c1-10(2)6-7-16-11(3)12-4-5-14-13(8-12)17-15(18)9-19-14/h4-6,8,11,16H,7,9H2,1-3H3,(H,17,18). The molecule has 1 aromatic carbocycles.